The Morgan fingerprint density at radius 3 is 2.48 bits per heavy atom. The predicted molar refractivity (Wildman–Crippen MR) is 113 cm³/mol. The molecule has 2 amide bonds. The third kappa shape index (κ3) is 5.07. The number of rotatable bonds is 7. The number of carbonyl (C=O) groups is 1. The smallest absolute Gasteiger partial charge is 0.320 e. The fourth-order valence-corrected chi connectivity index (χ4v) is 3.08. The van der Waals surface area contributed by atoms with Crippen molar-refractivity contribution >= 4 is 11.8 Å². The summed E-state index contributed by atoms with van der Waals surface area (Å²) in [5.74, 6) is 1.91. The maximum atomic E-state index is 12.6. The molecule has 1 atom stereocenters. The number of methoxy groups -OCH3 is 2. The number of ether oxygens (including phenoxy) is 2. The molecular formula is C22H26N4O3. The Balaban J connectivity index is 1.68. The van der Waals surface area contributed by atoms with E-state index in [-0.39, 0.29) is 12.1 Å². The molecule has 0 saturated carbocycles. The first-order chi connectivity index (χ1) is 14.0. The van der Waals surface area contributed by atoms with E-state index in [1.807, 2.05) is 68.4 Å². The summed E-state index contributed by atoms with van der Waals surface area (Å²) >= 11 is 0. The van der Waals surface area contributed by atoms with Crippen LogP contribution in [0, 0.1) is 6.92 Å². The molecule has 7 nitrogen and oxygen atoms in total. The summed E-state index contributed by atoms with van der Waals surface area (Å²) in [4.78, 5) is 12.6. The van der Waals surface area contributed by atoms with Crippen molar-refractivity contribution in [3.05, 3.63) is 71.4 Å². The van der Waals surface area contributed by atoms with Gasteiger partial charge in [0.25, 0.3) is 0 Å². The molecule has 0 aliphatic carbocycles. The maximum Gasteiger partial charge on any atom is 0.320 e. The summed E-state index contributed by atoms with van der Waals surface area (Å²) in [6.45, 7) is 4.39. The minimum absolute atomic E-state index is 0.221. The first kappa shape index (κ1) is 20.3. The van der Waals surface area contributed by atoms with Gasteiger partial charge in [0.15, 0.2) is 11.5 Å². The molecule has 1 aromatic heterocycles. The zero-order chi connectivity index (χ0) is 20.8. The van der Waals surface area contributed by atoms with Crippen molar-refractivity contribution in [1.82, 2.24) is 15.1 Å². The van der Waals surface area contributed by atoms with Gasteiger partial charge in [-0.15, -0.1) is 0 Å². The monoisotopic (exact) mass is 394 g/mol. The van der Waals surface area contributed by atoms with Crippen LogP contribution in [0.4, 0.5) is 10.6 Å². The van der Waals surface area contributed by atoms with Crippen molar-refractivity contribution < 1.29 is 14.3 Å². The van der Waals surface area contributed by atoms with E-state index in [1.54, 1.807) is 18.9 Å². The van der Waals surface area contributed by atoms with Gasteiger partial charge in [0, 0.05) is 6.07 Å². The van der Waals surface area contributed by atoms with Crippen LogP contribution in [0.3, 0.4) is 0 Å². The fourth-order valence-electron chi connectivity index (χ4n) is 3.08. The van der Waals surface area contributed by atoms with E-state index in [9.17, 15) is 4.79 Å². The fraction of sp³-hybridized carbons (Fsp3) is 0.273. The third-order valence-electron chi connectivity index (χ3n) is 4.57. The molecular weight excluding hydrogens is 368 g/mol. The standard InChI is InChI=1S/C22H26N4O3/c1-15-12-21(26(25-15)14-17-8-6-5-7-9-17)24-22(27)23-16(2)18-10-11-19(28-3)20(13-18)29-4/h5-13,16H,14H2,1-4H3,(H2,23,24,27). The summed E-state index contributed by atoms with van der Waals surface area (Å²) in [5, 5.41) is 10.3. The van der Waals surface area contributed by atoms with Crippen molar-refractivity contribution in [2.75, 3.05) is 19.5 Å². The summed E-state index contributed by atoms with van der Waals surface area (Å²) < 4.78 is 12.4. The number of carbonyl (C=O) groups excluding carboxylic acids is 1. The van der Waals surface area contributed by atoms with Gasteiger partial charge in [-0.1, -0.05) is 36.4 Å². The normalized spacial score (nSPS) is 11.6. The van der Waals surface area contributed by atoms with Gasteiger partial charge in [-0.2, -0.15) is 5.10 Å². The van der Waals surface area contributed by atoms with E-state index in [1.165, 1.54) is 0 Å². The molecule has 3 rings (SSSR count). The van der Waals surface area contributed by atoms with Gasteiger partial charge in [-0.05, 0) is 37.1 Å². The number of anilines is 1. The Bertz CT molecular complexity index is 969. The van der Waals surface area contributed by atoms with Crippen LogP contribution in [-0.2, 0) is 6.54 Å². The number of hydrogen-bond acceptors (Lipinski definition) is 4. The van der Waals surface area contributed by atoms with Crippen molar-refractivity contribution in [3.63, 3.8) is 0 Å². The van der Waals surface area contributed by atoms with E-state index in [4.69, 9.17) is 9.47 Å². The molecule has 0 fully saturated rings. The Morgan fingerprint density at radius 2 is 1.79 bits per heavy atom. The Morgan fingerprint density at radius 1 is 1.07 bits per heavy atom. The van der Waals surface area contributed by atoms with E-state index in [0.29, 0.717) is 23.9 Å². The third-order valence-corrected chi connectivity index (χ3v) is 4.57. The first-order valence-corrected chi connectivity index (χ1v) is 9.38. The minimum Gasteiger partial charge on any atom is -0.493 e. The van der Waals surface area contributed by atoms with Gasteiger partial charge >= 0.3 is 6.03 Å². The number of hydrogen-bond donors (Lipinski definition) is 2. The quantitative estimate of drug-likeness (QED) is 0.631. The second kappa shape index (κ2) is 9.14. The average molecular weight is 394 g/mol. The van der Waals surface area contributed by atoms with E-state index < -0.39 is 0 Å². The van der Waals surface area contributed by atoms with Crippen LogP contribution in [0.1, 0.15) is 29.8 Å². The van der Waals surface area contributed by atoms with Crippen LogP contribution in [0.2, 0.25) is 0 Å². The molecule has 0 radical (unpaired) electrons. The van der Waals surface area contributed by atoms with Gasteiger partial charge in [0.1, 0.15) is 5.82 Å². The van der Waals surface area contributed by atoms with Crippen LogP contribution in [0.15, 0.2) is 54.6 Å². The molecule has 1 unspecified atom stereocenters. The highest BCUT2D eigenvalue weighted by atomic mass is 16.5. The molecule has 0 bridgehead atoms. The summed E-state index contributed by atoms with van der Waals surface area (Å²) in [7, 11) is 3.18. The van der Waals surface area contributed by atoms with Crippen LogP contribution < -0.4 is 20.1 Å². The minimum atomic E-state index is -0.304. The second-order valence-electron chi connectivity index (χ2n) is 6.75. The summed E-state index contributed by atoms with van der Waals surface area (Å²) in [5.41, 5.74) is 2.86. The predicted octanol–water partition coefficient (Wildman–Crippen LogP) is 4.14. The second-order valence-corrected chi connectivity index (χ2v) is 6.75. The highest BCUT2D eigenvalue weighted by molar-refractivity contribution is 5.88. The van der Waals surface area contributed by atoms with Crippen molar-refractivity contribution in [1.29, 1.82) is 0 Å². The lowest BCUT2D eigenvalue weighted by molar-refractivity contribution is 0.249. The zero-order valence-corrected chi connectivity index (χ0v) is 17.1. The topological polar surface area (TPSA) is 77.4 Å². The van der Waals surface area contributed by atoms with Crippen LogP contribution >= 0.6 is 0 Å². The first-order valence-electron chi connectivity index (χ1n) is 9.38. The Hall–Kier alpha value is -3.48. The number of benzene rings is 2. The molecule has 29 heavy (non-hydrogen) atoms. The van der Waals surface area contributed by atoms with E-state index in [2.05, 4.69) is 15.7 Å². The van der Waals surface area contributed by atoms with E-state index >= 15 is 0 Å². The summed E-state index contributed by atoms with van der Waals surface area (Å²) in [6, 6.07) is 16.9. The lowest BCUT2D eigenvalue weighted by Gasteiger charge is -2.17. The molecule has 0 spiro atoms. The number of nitrogens with one attached hydrogen (secondary N) is 2. The number of amides is 2. The molecule has 2 N–H and O–H groups in total. The van der Waals surface area contributed by atoms with Crippen molar-refractivity contribution in [3.8, 4) is 11.5 Å². The molecule has 0 saturated heterocycles. The van der Waals surface area contributed by atoms with Gasteiger partial charge in [-0.3, -0.25) is 5.32 Å². The van der Waals surface area contributed by atoms with Crippen molar-refractivity contribution in [2.24, 2.45) is 0 Å². The van der Waals surface area contributed by atoms with Gasteiger partial charge in [0.05, 0.1) is 32.5 Å². The molecule has 0 aliphatic rings. The molecule has 3 aromatic rings. The van der Waals surface area contributed by atoms with Crippen LogP contribution in [0.25, 0.3) is 0 Å². The average Bonchev–Trinajstić information content (AvgIpc) is 3.06. The van der Waals surface area contributed by atoms with Gasteiger partial charge < -0.3 is 14.8 Å². The Labute approximate surface area is 170 Å². The number of aromatic nitrogens is 2. The van der Waals surface area contributed by atoms with Gasteiger partial charge in [-0.25, -0.2) is 9.48 Å². The zero-order valence-electron chi connectivity index (χ0n) is 17.1. The van der Waals surface area contributed by atoms with Crippen LogP contribution in [0.5, 0.6) is 11.5 Å². The largest absolute Gasteiger partial charge is 0.493 e. The van der Waals surface area contributed by atoms with Gasteiger partial charge in [0.2, 0.25) is 0 Å². The lowest BCUT2D eigenvalue weighted by atomic mass is 10.1. The molecule has 1 heterocycles. The number of aryl methyl sites for hydroxylation is 1. The molecule has 152 valence electrons. The highest BCUT2D eigenvalue weighted by Crippen LogP contribution is 2.29. The van der Waals surface area contributed by atoms with E-state index in [0.717, 1.165) is 16.8 Å². The van der Waals surface area contributed by atoms with Crippen molar-refractivity contribution in [2.45, 2.75) is 26.4 Å². The summed E-state index contributed by atoms with van der Waals surface area (Å²) in [6.07, 6.45) is 0. The number of nitrogens with zero attached hydrogens (tertiary/aromatic N) is 2. The SMILES string of the molecule is COc1ccc(C(C)NC(=O)Nc2cc(C)nn2Cc2ccccc2)cc1OC. The van der Waals surface area contributed by atoms with Crippen LogP contribution in [-0.4, -0.2) is 30.0 Å². The molecule has 0 aliphatic heterocycles. The highest BCUT2D eigenvalue weighted by Gasteiger charge is 2.15. The Kier molecular flexibility index (Phi) is 6.39. The maximum absolute atomic E-state index is 12.6. The number of urea groups is 1. The molecule has 7 heteroatoms. The molecule has 2 aromatic carbocycles. The lowest BCUT2D eigenvalue weighted by Crippen LogP contribution is -2.32.